The molecule has 0 aliphatic rings. The Bertz CT molecular complexity index is 832. The van der Waals surface area contributed by atoms with E-state index >= 15 is 0 Å². The number of rotatable bonds is 7. The Balaban J connectivity index is 1.56. The SMILES string of the molecule is Cn1cnnc1CCC(=O)NCc1ccccc1Sc1ccccc1. The van der Waals surface area contributed by atoms with E-state index in [0.717, 1.165) is 16.3 Å². The van der Waals surface area contributed by atoms with Crippen molar-refractivity contribution in [3.63, 3.8) is 0 Å². The molecular weight excluding hydrogens is 332 g/mol. The van der Waals surface area contributed by atoms with Crippen LogP contribution in [-0.2, 0) is 24.8 Å². The van der Waals surface area contributed by atoms with E-state index in [1.807, 2.05) is 48.0 Å². The molecule has 3 rings (SSSR count). The Hall–Kier alpha value is -2.60. The third kappa shape index (κ3) is 4.93. The molecule has 1 aromatic heterocycles. The van der Waals surface area contributed by atoms with E-state index in [4.69, 9.17) is 0 Å². The van der Waals surface area contributed by atoms with Crippen LogP contribution in [0.4, 0.5) is 0 Å². The number of hydrogen-bond acceptors (Lipinski definition) is 4. The largest absolute Gasteiger partial charge is 0.352 e. The van der Waals surface area contributed by atoms with Gasteiger partial charge in [-0.1, -0.05) is 48.2 Å². The van der Waals surface area contributed by atoms with Gasteiger partial charge in [0.2, 0.25) is 5.91 Å². The summed E-state index contributed by atoms with van der Waals surface area (Å²) in [7, 11) is 1.88. The summed E-state index contributed by atoms with van der Waals surface area (Å²) >= 11 is 1.71. The summed E-state index contributed by atoms with van der Waals surface area (Å²) in [5, 5.41) is 10.8. The monoisotopic (exact) mass is 352 g/mol. The zero-order valence-electron chi connectivity index (χ0n) is 14.1. The topological polar surface area (TPSA) is 59.8 Å². The van der Waals surface area contributed by atoms with E-state index in [1.165, 1.54) is 4.90 Å². The Morgan fingerprint density at radius 1 is 1.12 bits per heavy atom. The summed E-state index contributed by atoms with van der Waals surface area (Å²) in [6.45, 7) is 0.521. The number of nitrogens with one attached hydrogen (secondary N) is 1. The van der Waals surface area contributed by atoms with Gasteiger partial charge in [0, 0.05) is 36.2 Å². The van der Waals surface area contributed by atoms with Crippen molar-refractivity contribution in [2.45, 2.75) is 29.2 Å². The molecule has 0 spiro atoms. The van der Waals surface area contributed by atoms with Gasteiger partial charge in [-0.3, -0.25) is 4.79 Å². The molecule has 2 aromatic carbocycles. The second-order valence-corrected chi connectivity index (χ2v) is 6.77. The molecule has 0 fully saturated rings. The fraction of sp³-hybridized carbons (Fsp3) is 0.211. The van der Waals surface area contributed by atoms with Gasteiger partial charge < -0.3 is 9.88 Å². The number of aromatic nitrogens is 3. The minimum Gasteiger partial charge on any atom is -0.352 e. The Morgan fingerprint density at radius 3 is 2.64 bits per heavy atom. The molecule has 1 heterocycles. The highest BCUT2D eigenvalue weighted by atomic mass is 32.2. The molecule has 3 aromatic rings. The zero-order valence-corrected chi connectivity index (χ0v) is 14.9. The maximum atomic E-state index is 12.1. The molecule has 0 saturated carbocycles. The van der Waals surface area contributed by atoms with Gasteiger partial charge in [-0.2, -0.15) is 0 Å². The molecule has 0 atom stereocenters. The molecule has 0 unspecified atom stereocenters. The standard InChI is InChI=1S/C19H20N4OS/c1-23-14-21-22-18(23)11-12-19(24)20-13-15-7-5-6-10-17(15)25-16-8-3-2-4-9-16/h2-10,14H,11-13H2,1H3,(H,20,24). The molecule has 0 saturated heterocycles. The van der Waals surface area contributed by atoms with Crippen LogP contribution in [0.15, 0.2) is 70.7 Å². The fourth-order valence-corrected chi connectivity index (χ4v) is 3.37. The molecule has 1 amide bonds. The maximum absolute atomic E-state index is 12.1. The van der Waals surface area contributed by atoms with Crippen molar-refractivity contribution in [1.82, 2.24) is 20.1 Å². The second-order valence-electron chi connectivity index (χ2n) is 5.66. The number of nitrogens with zero attached hydrogens (tertiary/aromatic N) is 3. The lowest BCUT2D eigenvalue weighted by molar-refractivity contribution is -0.121. The van der Waals surface area contributed by atoms with Crippen LogP contribution in [0.25, 0.3) is 0 Å². The molecule has 128 valence electrons. The van der Waals surface area contributed by atoms with Gasteiger partial charge in [-0.25, -0.2) is 0 Å². The van der Waals surface area contributed by atoms with Gasteiger partial charge in [-0.15, -0.1) is 10.2 Å². The zero-order chi connectivity index (χ0) is 17.5. The Kier molecular flexibility index (Phi) is 5.85. The maximum Gasteiger partial charge on any atom is 0.220 e. The average molecular weight is 352 g/mol. The summed E-state index contributed by atoms with van der Waals surface area (Å²) in [5.74, 6) is 0.831. The highest BCUT2D eigenvalue weighted by molar-refractivity contribution is 7.99. The molecule has 0 bridgehead atoms. The summed E-state index contributed by atoms with van der Waals surface area (Å²) in [5.41, 5.74) is 1.11. The first-order chi connectivity index (χ1) is 12.2. The normalized spacial score (nSPS) is 10.6. The van der Waals surface area contributed by atoms with Gasteiger partial charge >= 0.3 is 0 Å². The smallest absolute Gasteiger partial charge is 0.220 e. The van der Waals surface area contributed by atoms with Crippen LogP contribution in [0.1, 0.15) is 17.8 Å². The van der Waals surface area contributed by atoms with Crippen molar-refractivity contribution >= 4 is 17.7 Å². The van der Waals surface area contributed by atoms with Crippen LogP contribution in [0.5, 0.6) is 0 Å². The lowest BCUT2D eigenvalue weighted by atomic mass is 10.2. The van der Waals surface area contributed by atoms with Crippen LogP contribution in [-0.4, -0.2) is 20.7 Å². The number of benzene rings is 2. The summed E-state index contributed by atoms with van der Waals surface area (Å²) < 4.78 is 1.83. The van der Waals surface area contributed by atoms with Crippen LogP contribution in [0.3, 0.4) is 0 Å². The van der Waals surface area contributed by atoms with Crippen molar-refractivity contribution in [2.24, 2.45) is 7.05 Å². The van der Waals surface area contributed by atoms with Gasteiger partial charge in [0.1, 0.15) is 12.2 Å². The first kappa shape index (κ1) is 17.2. The lowest BCUT2D eigenvalue weighted by Gasteiger charge is -2.10. The fourth-order valence-electron chi connectivity index (χ4n) is 2.41. The molecule has 5 nitrogen and oxygen atoms in total. The molecular formula is C19H20N4OS. The van der Waals surface area contributed by atoms with E-state index in [-0.39, 0.29) is 5.91 Å². The number of hydrogen-bond donors (Lipinski definition) is 1. The van der Waals surface area contributed by atoms with Crippen molar-refractivity contribution in [3.8, 4) is 0 Å². The number of amides is 1. The van der Waals surface area contributed by atoms with Crippen LogP contribution < -0.4 is 5.32 Å². The predicted molar refractivity (Wildman–Crippen MR) is 98.2 cm³/mol. The van der Waals surface area contributed by atoms with Crippen LogP contribution in [0, 0.1) is 0 Å². The number of aryl methyl sites for hydroxylation is 2. The van der Waals surface area contributed by atoms with Gasteiger partial charge in [0.05, 0.1) is 0 Å². The first-order valence-corrected chi connectivity index (χ1v) is 8.94. The van der Waals surface area contributed by atoms with Crippen molar-refractivity contribution in [3.05, 3.63) is 72.3 Å². The molecule has 0 aliphatic carbocycles. The minimum absolute atomic E-state index is 0.0162. The Morgan fingerprint density at radius 2 is 1.88 bits per heavy atom. The number of carbonyl (C=O) groups excluding carboxylic acids is 1. The van der Waals surface area contributed by atoms with E-state index in [1.54, 1.807) is 18.1 Å². The molecule has 0 aliphatic heterocycles. The molecule has 0 radical (unpaired) electrons. The van der Waals surface area contributed by atoms with Crippen molar-refractivity contribution in [2.75, 3.05) is 0 Å². The highest BCUT2D eigenvalue weighted by Crippen LogP contribution is 2.30. The Labute approximate surface area is 151 Å². The lowest BCUT2D eigenvalue weighted by Crippen LogP contribution is -2.23. The number of carbonyl (C=O) groups is 1. The molecule has 1 N–H and O–H groups in total. The first-order valence-electron chi connectivity index (χ1n) is 8.13. The third-order valence-corrected chi connectivity index (χ3v) is 4.93. The van der Waals surface area contributed by atoms with Crippen molar-refractivity contribution < 1.29 is 4.79 Å². The van der Waals surface area contributed by atoms with Crippen LogP contribution in [0.2, 0.25) is 0 Å². The second kappa shape index (κ2) is 8.48. The quantitative estimate of drug-likeness (QED) is 0.709. The van der Waals surface area contributed by atoms with E-state index in [2.05, 4.69) is 33.7 Å². The van der Waals surface area contributed by atoms with E-state index in [0.29, 0.717) is 19.4 Å². The average Bonchev–Trinajstić information content (AvgIpc) is 3.05. The summed E-state index contributed by atoms with van der Waals surface area (Å²) in [4.78, 5) is 14.5. The van der Waals surface area contributed by atoms with Gasteiger partial charge in [-0.05, 0) is 23.8 Å². The summed E-state index contributed by atoms with van der Waals surface area (Å²) in [6.07, 6.45) is 2.63. The third-order valence-electron chi connectivity index (χ3n) is 3.80. The minimum atomic E-state index is 0.0162. The van der Waals surface area contributed by atoms with Gasteiger partial charge in [0.15, 0.2) is 0 Å². The van der Waals surface area contributed by atoms with E-state index < -0.39 is 0 Å². The van der Waals surface area contributed by atoms with Crippen LogP contribution >= 0.6 is 11.8 Å². The highest BCUT2D eigenvalue weighted by Gasteiger charge is 2.08. The molecule has 25 heavy (non-hydrogen) atoms. The van der Waals surface area contributed by atoms with E-state index in [9.17, 15) is 4.79 Å². The van der Waals surface area contributed by atoms with Crippen molar-refractivity contribution in [1.29, 1.82) is 0 Å². The molecule has 6 heteroatoms. The van der Waals surface area contributed by atoms with Gasteiger partial charge in [0.25, 0.3) is 0 Å². The predicted octanol–water partition coefficient (Wildman–Crippen LogP) is 3.22. The summed E-state index contributed by atoms with van der Waals surface area (Å²) in [6, 6.07) is 18.4.